The Balaban J connectivity index is 1.61. The van der Waals surface area contributed by atoms with Crippen LogP contribution in [0.3, 0.4) is 0 Å². The van der Waals surface area contributed by atoms with Gasteiger partial charge in [-0.15, -0.1) is 10.2 Å². The summed E-state index contributed by atoms with van der Waals surface area (Å²) in [5, 5.41) is 12.5. The van der Waals surface area contributed by atoms with Gasteiger partial charge in [0.15, 0.2) is 11.0 Å². The maximum atomic E-state index is 12.3. The lowest BCUT2D eigenvalue weighted by Gasteiger charge is -2.29. The van der Waals surface area contributed by atoms with Crippen molar-refractivity contribution in [3.05, 3.63) is 24.5 Å². The summed E-state index contributed by atoms with van der Waals surface area (Å²) in [7, 11) is 0. The SMILES string of the molecule is CCn1c(SCC(=O)N[C@@H]2CCCC[C@H]2C)nnc1-c1ccncc1. The van der Waals surface area contributed by atoms with E-state index in [2.05, 4.69) is 34.3 Å². The van der Waals surface area contributed by atoms with Crippen LogP contribution in [0, 0.1) is 5.92 Å². The fourth-order valence-electron chi connectivity index (χ4n) is 3.30. The molecule has 2 aromatic rings. The number of hydrogen-bond donors (Lipinski definition) is 1. The van der Waals surface area contributed by atoms with Crippen LogP contribution >= 0.6 is 11.8 Å². The molecule has 0 spiro atoms. The molecule has 0 aromatic carbocycles. The van der Waals surface area contributed by atoms with Gasteiger partial charge in [-0.2, -0.15) is 0 Å². The van der Waals surface area contributed by atoms with Crippen molar-refractivity contribution in [1.82, 2.24) is 25.1 Å². The van der Waals surface area contributed by atoms with E-state index in [0.717, 1.165) is 29.5 Å². The molecule has 0 unspecified atom stereocenters. The lowest BCUT2D eigenvalue weighted by molar-refractivity contribution is -0.119. The summed E-state index contributed by atoms with van der Waals surface area (Å²) < 4.78 is 2.04. The van der Waals surface area contributed by atoms with Crippen LogP contribution < -0.4 is 5.32 Å². The smallest absolute Gasteiger partial charge is 0.230 e. The lowest BCUT2D eigenvalue weighted by Crippen LogP contribution is -2.41. The summed E-state index contributed by atoms with van der Waals surface area (Å²) in [6.07, 6.45) is 8.28. The molecule has 0 saturated heterocycles. The van der Waals surface area contributed by atoms with Gasteiger partial charge < -0.3 is 9.88 Å². The quantitative estimate of drug-likeness (QED) is 0.802. The highest BCUT2D eigenvalue weighted by Crippen LogP contribution is 2.25. The molecule has 3 rings (SSSR count). The number of rotatable bonds is 6. The molecule has 1 fully saturated rings. The normalized spacial score (nSPS) is 20.4. The minimum atomic E-state index is 0.0832. The molecule has 1 amide bonds. The van der Waals surface area contributed by atoms with Gasteiger partial charge in [-0.3, -0.25) is 9.78 Å². The molecule has 2 aromatic heterocycles. The minimum absolute atomic E-state index is 0.0832. The lowest BCUT2D eigenvalue weighted by atomic mass is 9.86. The fraction of sp³-hybridized carbons (Fsp3) is 0.556. The molecule has 134 valence electrons. The van der Waals surface area contributed by atoms with Crippen molar-refractivity contribution in [2.45, 2.75) is 57.3 Å². The molecule has 7 heteroatoms. The third-order valence-corrected chi connectivity index (χ3v) is 5.73. The van der Waals surface area contributed by atoms with Crippen LogP contribution in [0.1, 0.15) is 39.5 Å². The Morgan fingerprint density at radius 3 is 2.76 bits per heavy atom. The van der Waals surface area contributed by atoms with E-state index in [1.54, 1.807) is 12.4 Å². The van der Waals surface area contributed by atoms with E-state index in [1.165, 1.54) is 31.0 Å². The van der Waals surface area contributed by atoms with Gasteiger partial charge in [-0.25, -0.2) is 0 Å². The highest BCUT2D eigenvalue weighted by molar-refractivity contribution is 7.99. The van der Waals surface area contributed by atoms with Crippen molar-refractivity contribution in [3.8, 4) is 11.4 Å². The van der Waals surface area contributed by atoms with Crippen LogP contribution in [0.25, 0.3) is 11.4 Å². The molecule has 1 aliphatic carbocycles. The third-order valence-electron chi connectivity index (χ3n) is 4.76. The summed E-state index contributed by atoms with van der Waals surface area (Å²) in [6.45, 7) is 5.04. The molecule has 2 atom stereocenters. The second-order valence-corrected chi connectivity index (χ2v) is 7.45. The fourth-order valence-corrected chi connectivity index (χ4v) is 4.12. The molecule has 1 aliphatic rings. The van der Waals surface area contributed by atoms with E-state index in [9.17, 15) is 4.79 Å². The maximum absolute atomic E-state index is 12.3. The van der Waals surface area contributed by atoms with Crippen LogP contribution in [0.2, 0.25) is 0 Å². The predicted molar refractivity (Wildman–Crippen MR) is 99.2 cm³/mol. The van der Waals surface area contributed by atoms with Gasteiger partial charge in [0, 0.05) is 30.5 Å². The van der Waals surface area contributed by atoms with E-state index in [1.807, 2.05) is 16.7 Å². The van der Waals surface area contributed by atoms with Crippen molar-refractivity contribution in [1.29, 1.82) is 0 Å². The van der Waals surface area contributed by atoms with Gasteiger partial charge in [-0.1, -0.05) is 31.5 Å². The summed E-state index contributed by atoms with van der Waals surface area (Å²) in [6, 6.07) is 4.15. The Morgan fingerprint density at radius 1 is 1.28 bits per heavy atom. The average molecular weight is 359 g/mol. The molecule has 1 N–H and O–H groups in total. The first-order valence-corrected chi connectivity index (χ1v) is 9.93. The highest BCUT2D eigenvalue weighted by atomic mass is 32.2. The zero-order chi connectivity index (χ0) is 17.6. The first kappa shape index (κ1) is 17.9. The number of pyridine rings is 1. The van der Waals surface area contributed by atoms with Gasteiger partial charge in [0.25, 0.3) is 0 Å². The second kappa shape index (κ2) is 8.47. The predicted octanol–water partition coefficient (Wildman–Crippen LogP) is 3.15. The number of hydrogen-bond acceptors (Lipinski definition) is 5. The maximum Gasteiger partial charge on any atom is 0.230 e. The number of aromatic nitrogens is 4. The molecule has 0 aliphatic heterocycles. The molecule has 0 radical (unpaired) electrons. The third kappa shape index (κ3) is 4.39. The summed E-state index contributed by atoms with van der Waals surface area (Å²) in [5.74, 6) is 1.84. The first-order valence-electron chi connectivity index (χ1n) is 8.94. The number of nitrogens with one attached hydrogen (secondary N) is 1. The number of amides is 1. The van der Waals surface area contributed by atoms with Gasteiger partial charge in [-0.05, 0) is 37.8 Å². The highest BCUT2D eigenvalue weighted by Gasteiger charge is 2.23. The van der Waals surface area contributed by atoms with E-state index in [4.69, 9.17) is 0 Å². The molecule has 2 heterocycles. The summed E-state index contributed by atoms with van der Waals surface area (Å²) in [5.41, 5.74) is 0.983. The van der Waals surface area contributed by atoms with Crippen molar-refractivity contribution < 1.29 is 4.79 Å². The molecule has 6 nitrogen and oxygen atoms in total. The number of carbonyl (C=O) groups is 1. The minimum Gasteiger partial charge on any atom is -0.352 e. The molecule has 0 bridgehead atoms. The summed E-state index contributed by atoms with van der Waals surface area (Å²) >= 11 is 1.45. The molecular weight excluding hydrogens is 334 g/mol. The Hall–Kier alpha value is -1.89. The van der Waals surface area contributed by atoms with Crippen LogP contribution in [0.5, 0.6) is 0 Å². The Morgan fingerprint density at radius 2 is 2.04 bits per heavy atom. The monoisotopic (exact) mass is 359 g/mol. The molecular formula is C18H25N5OS. The van der Waals surface area contributed by atoms with E-state index >= 15 is 0 Å². The van der Waals surface area contributed by atoms with Crippen LogP contribution in [-0.4, -0.2) is 37.5 Å². The van der Waals surface area contributed by atoms with Crippen molar-refractivity contribution >= 4 is 17.7 Å². The number of nitrogens with zero attached hydrogens (tertiary/aromatic N) is 4. The molecule has 25 heavy (non-hydrogen) atoms. The Labute approximate surface area is 152 Å². The van der Waals surface area contributed by atoms with Gasteiger partial charge in [0.2, 0.25) is 5.91 Å². The van der Waals surface area contributed by atoms with E-state index in [-0.39, 0.29) is 5.91 Å². The van der Waals surface area contributed by atoms with Gasteiger partial charge >= 0.3 is 0 Å². The number of thioether (sulfide) groups is 1. The zero-order valence-electron chi connectivity index (χ0n) is 14.8. The largest absolute Gasteiger partial charge is 0.352 e. The second-order valence-electron chi connectivity index (χ2n) is 6.51. The van der Waals surface area contributed by atoms with Crippen LogP contribution in [0.15, 0.2) is 29.7 Å². The van der Waals surface area contributed by atoms with Crippen molar-refractivity contribution in [2.24, 2.45) is 5.92 Å². The Bertz CT molecular complexity index is 703. The topological polar surface area (TPSA) is 72.7 Å². The van der Waals surface area contributed by atoms with Crippen LogP contribution in [-0.2, 0) is 11.3 Å². The zero-order valence-corrected chi connectivity index (χ0v) is 15.6. The van der Waals surface area contributed by atoms with Gasteiger partial charge in [0.1, 0.15) is 0 Å². The van der Waals surface area contributed by atoms with Gasteiger partial charge in [0.05, 0.1) is 5.75 Å². The van der Waals surface area contributed by atoms with Crippen molar-refractivity contribution in [3.63, 3.8) is 0 Å². The Kier molecular flexibility index (Phi) is 6.07. The number of carbonyl (C=O) groups excluding carboxylic acids is 1. The standard InChI is InChI=1S/C18H25N5OS/c1-3-23-17(14-8-10-19-11-9-14)21-22-18(23)25-12-16(24)20-15-7-5-4-6-13(15)2/h8-11,13,15H,3-7,12H2,1-2H3,(H,20,24)/t13-,15-/m1/s1. The average Bonchev–Trinajstić information content (AvgIpc) is 3.05. The molecule has 1 saturated carbocycles. The summed E-state index contributed by atoms with van der Waals surface area (Å²) in [4.78, 5) is 16.3. The van der Waals surface area contributed by atoms with Crippen LogP contribution in [0.4, 0.5) is 0 Å². The van der Waals surface area contributed by atoms with E-state index < -0.39 is 0 Å². The first-order chi connectivity index (χ1) is 12.2. The van der Waals surface area contributed by atoms with E-state index in [0.29, 0.717) is 17.7 Å². The van der Waals surface area contributed by atoms with Crippen molar-refractivity contribution in [2.75, 3.05) is 5.75 Å².